The van der Waals surface area contributed by atoms with Crippen LogP contribution in [-0.2, 0) is 0 Å². The van der Waals surface area contributed by atoms with Crippen molar-refractivity contribution < 1.29 is 0 Å². The Morgan fingerprint density at radius 3 is 2.46 bits per heavy atom. The molecule has 0 nitrogen and oxygen atoms in total. The predicted octanol–water partition coefficient (Wildman–Crippen LogP) is 2.97. The van der Waals surface area contributed by atoms with E-state index in [-0.39, 0.29) is 0 Å². The molecule has 13 heavy (non-hydrogen) atoms. The summed E-state index contributed by atoms with van der Waals surface area (Å²) in [5, 5.41) is 2.82. The van der Waals surface area contributed by atoms with Gasteiger partial charge in [-0.15, -0.1) is 0 Å². The van der Waals surface area contributed by atoms with Gasteiger partial charge < -0.3 is 0 Å². The zero-order valence-electron chi connectivity index (χ0n) is 7.10. The van der Waals surface area contributed by atoms with Crippen LogP contribution in [0, 0.1) is 26.6 Å². The molecule has 1 aromatic carbocycles. The Bertz CT molecular complexity index is 384. The van der Waals surface area contributed by atoms with Gasteiger partial charge >= 0.3 is 0 Å². The minimum absolute atomic E-state index is 1.01. The monoisotopic (exact) mass is 298 g/mol. The van der Waals surface area contributed by atoms with E-state index < -0.39 is 0 Å². The van der Waals surface area contributed by atoms with Gasteiger partial charge in [0.25, 0.3) is 0 Å². The highest BCUT2D eigenvalue weighted by Crippen LogP contribution is 2.05. The largest absolute Gasteiger partial charge is 0.0775 e. The van der Waals surface area contributed by atoms with Crippen LogP contribution in [0.15, 0.2) is 24.3 Å². The van der Waals surface area contributed by atoms with E-state index in [9.17, 15) is 0 Å². The van der Waals surface area contributed by atoms with Crippen molar-refractivity contribution >= 4 is 34.4 Å². The Hall–Kier alpha value is -0.580. The fraction of sp³-hybridized carbons (Fsp3) is 0.0909. The van der Waals surface area contributed by atoms with Gasteiger partial charge in [-0.1, -0.05) is 17.7 Å². The van der Waals surface area contributed by atoms with E-state index in [1.165, 1.54) is 15.3 Å². The summed E-state index contributed by atoms with van der Waals surface area (Å²) in [6.07, 6.45) is 1.93. The van der Waals surface area contributed by atoms with Crippen molar-refractivity contribution in [3.63, 3.8) is 0 Å². The summed E-state index contributed by atoms with van der Waals surface area (Å²) in [6, 6.07) is 8.06. The lowest BCUT2D eigenvalue weighted by atomic mass is 10.2. The highest BCUT2D eigenvalue weighted by atomic mass is 127. The van der Waals surface area contributed by atoms with Gasteiger partial charge in [-0.05, 0) is 70.2 Å². The average Bonchev–Trinajstić information content (AvgIpc) is 2.15. The summed E-state index contributed by atoms with van der Waals surface area (Å²) in [5.41, 5.74) is 1.01. The summed E-state index contributed by atoms with van der Waals surface area (Å²) in [7, 11) is 0. The molecule has 0 fully saturated rings. The number of hydrogen-bond acceptors (Lipinski definition) is 1. The third-order valence-electron chi connectivity index (χ3n) is 1.27. The number of halogens is 1. The third kappa shape index (κ3) is 4.26. The van der Waals surface area contributed by atoms with Gasteiger partial charge in [-0.3, -0.25) is 0 Å². The number of rotatable bonds is 0. The third-order valence-corrected chi connectivity index (χ3v) is 2.29. The van der Waals surface area contributed by atoms with E-state index in [4.69, 9.17) is 0 Å². The summed E-state index contributed by atoms with van der Waals surface area (Å²) >= 11 is 3.74. The molecule has 2 heteroatoms. The van der Waals surface area contributed by atoms with Gasteiger partial charge in [-0.25, -0.2) is 0 Å². The van der Waals surface area contributed by atoms with Crippen LogP contribution in [0.5, 0.6) is 0 Å². The van der Waals surface area contributed by atoms with E-state index >= 15 is 0 Å². The molecule has 0 radical (unpaired) electrons. The van der Waals surface area contributed by atoms with Crippen molar-refractivity contribution in [2.75, 3.05) is 6.26 Å². The smallest absolute Gasteiger partial charge is 0.0256 e. The molecule has 0 saturated carbocycles. The first-order chi connectivity index (χ1) is 6.33. The second-order valence-electron chi connectivity index (χ2n) is 2.19. The zero-order chi connectivity index (χ0) is 9.52. The lowest BCUT2D eigenvalue weighted by Crippen LogP contribution is -1.73. The molecular weight excluding hydrogens is 291 g/mol. The molecule has 0 unspecified atom stereocenters. The van der Waals surface area contributed by atoms with Crippen LogP contribution in [0.4, 0.5) is 0 Å². The zero-order valence-corrected chi connectivity index (χ0v) is 10.1. The van der Waals surface area contributed by atoms with Crippen LogP contribution in [0.25, 0.3) is 0 Å². The Balaban J connectivity index is 2.72. The van der Waals surface area contributed by atoms with Crippen molar-refractivity contribution in [1.29, 1.82) is 0 Å². The molecule has 0 heterocycles. The molecule has 64 valence electrons. The van der Waals surface area contributed by atoms with Gasteiger partial charge in [0.1, 0.15) is 0 Å². The van der Waals surface area contributed by atoms with Crippen molar-refractivity contribution in [1.82, 2.24) is 0 Å². The lowest BCUT2D eigenvalue weighted by Gasteiger charge is -1.88. The van der Waals surface area contributed by atoms with Crippen molar-refractivity contribution in [3.8, 4) is 23.0 Å². The summed E-state index contributed by atoms with van der Waals surface area (Å²) in [6.45, 7) is 0. The highest BCUT2D eigenvalue weighted by molar-refractivity contribution is 14.1. The molecule has 0 N–H and O–H groups in total. The van der Waals surface area contributed by atoms with Gasteiger partial charge in [0.2, 0.25) is 0 Å². The Kier molecular flexibility index (Phi) is 4.82. The van der Waals surface area contributed by atoms with Gasteiger partial charge in [0, 0.05) is 9.13 Å². The number of thioether (sulfide) groups is 1. The van der Waals surface area contributed by atoms with E-state index in [1.807, 2.05) is 30.5 Å². The molecule has 0 aromatic heterocycles. The molecule has 0 saturated heterocycles. The van der Waals surface area contributed by atoms with Crippen LogP contribution in [0.2, 0.25) is 0 Å². The molecule has 1 aromatic rings. The van der Waals surface area contributed by atoms with E-state index in [2.05, 4.69) is 45.6 Å². The van der Waals surface area contributed by atoms with Crippen LogP contribution in [-0.4, -0.2) is 6.26 Å². The van der Waals surface area contributed by atoms with Crippen LogP contribution < -0.4 is 0 Å². The van der Waals surface area contributed by atoms with Crippen molar-refractivity contribution in [3.05, 3.63) is 33.4 Å². The summed E-state index contributed by atoms with van der Waals surface area (Å²) < 4.78 is 1.22. The maximum Gasteiger partial charge on any atom is 0.0256 e. The molecule has 1 rings (SSSR count). The summed E-state index contributed by atoms with van der Waals surface area (Å²) in [5.74, 6) is 8.50. The summed E-state index contributed by atoms with van der Waals surface area (Å²) in [4.78, 5) is 0. The van der Waals surface area contributed by atoms with E-state index in [1.54, 1.807) is 0 Å². The van der Waals surface area contributed by atoms with Gasteiger partial charge in [-0.2, -0.15) is 0 Å². The Morgan fingerprint density at radius 2 is 1.85 bits per heavy atom. The minimum atomic E-state index is 1.01. The second kappa shape index (κ2) is 5.96. The Morgan fingerprint density at radius 1 is 1.15 bits per heavy atom. The Labute approximate surface area is 96.6 Å². The average molecular weight is 298 g/mol. The molecule has 0 spiro atoms. The molecule has 0 aliphatic heterocycles. The molecule has 0 aliphatic rings. The highest BCUT2D eigenvalue weighted by Gasteiger charge is 1.85. The first kappa shape index (κ1) is 10.5. The second-order valence-corrected chi connectivity index (χ2v) is 4.05. The normalized spacial score (nSPS) is 7.85. The standard InChI is InChI=1S/C11H7IS/c1-13-9-3-2-4-10-5-7-11(12)8-6-10/h5-8H,1H3. The van der Waals surface area contributed by atoms with Crippen molar-refractivity contribution in [2.45, 2.75) is 0 Å². The minimum Gasteiger partial charge on any atom is -0.0775 e. The first-order valence-corrected chi connectivity index (χ1v) is 5.93. The van der Waals surface area contributed by atoms with Crippen LogP contribution in [0.1, 0.15) is 5.56 Å². The topological polar surface area (TPSA) is 0 Å². The quantitative estimate of drug-likeness (QED) is 0.524. The molecule has 0 aliphatic carbocycles. The molecular formula is C11H7IS. The van der Waals surface area contributed by atoms with Crippen molar-refractivity contribution in [2.24, 2.45) is 0 Å². The van der Waals surface area contributed by atoms with Gasteiger partial charge in [0.05, 0.1) is 0 Å². The van der Waals surface area contributed by atoms with E-state index in [0.29, 0.717) is 0 Å². The maximum atomic E-state index is 2.97. The lowest BCUT2D eigenvalue weighted by molar-refractivity contribution is 1.60. The number of benzene rings is 1. The molecule has 0 atom stereocenters. The maximum absolute atomic E-state index is 2.97. The van der Waals surface area contributed by atoms with E-state index in [0.717, 1.165) is 5.56 Å². The molecule has 0 amide bonds. The van der Waals surface area contributed by atoms with Gasteiger partial charge in [0.15, 0.2) is 0 Å². The SMILES string of the molecule is CSC#CC#Cc1ccc(I)cc1. The predicted molar refractivity (Wildman–Crippen MR) is 67.3 cm³/mol. The molecule has 0 bridgehead atoms. The van der Waals surface area contributed by atoms with Crippen LogP contribution in [0.3, 0.4) is 0 Å². The first-order valence-electron chi connectivity index (χ1n) is 3.62. The fourth-order valence-electron chi connectivity index (χ4n) is 0.713. The number of hydrogen-bond donors (Lipinski definition) is 0. The fourth-order valence-corrected chi connectivity index (χ4v) is 1.23. The van der Waals surface area contributed by atoms with Crippen LogP contribution >= 0.6 is 34.4 Å².